The van der Waals surface area contributed by atoms with Crippen LogP contribution in [0.2, 0.25) is 0 Å². The second-order valence-corrected chi connectivity index (χ2v) is 12.0. The Hall–Kier alpha value is -3.21. The largest absolute Gasteiger partial charge is 0.497 e. The molecule has 2 heterocycles. The Balaban J connectivity index is 1.21. The fraction of sp³-hybridized carbons (Fsp3) is 0.536. The van der Waals surface area contributed by atoms with E-state index in [4.69, 9.17) is 4.74 Å². The number of nitrogens with one attached hydrogen (secondary N) is 2. The number of carbonyl (C=O) groups excluding carboxylic acids is 1. The molecule has 0 aliphatic heterocycles. The highest BCUT2D eigenvalue weighted by Crippen LogP contribution is 2.61. The number of methoxy groups -OCH3 is 1. The van der Waals surface area contributed by atoms with Crippen molar-refractivity contribution >= 4 is 27.5 Å². The Bertz CT molecular complexity index is 1420. The number of hydrogen-bond donors (Lipinski definition) is 2. The van der Waals surface area contributed by atoms with Crippen LogP contribution in [0.15, 0.2) is 39.7 Å². The summed E-state index contributed by atoms with van der Waals surface area (Å²) in [6.07, 6.45) is 4.68. The molecule has 0 radical (unpaired) electrons. The minimum absolute atomic E-state index is 0.191. The fourth-order valence-electron chi connectivity index (χ4n) is 6.20. The predicted octanol–water partition coefficient (Wildman–Crippen LogP) is 3.96. The zero-order valence-corrected chi connectivity index (χ0v) is 24.7. The van der Waals surface area contributed by atoms with Crippen molar-refractivity contribution in [2.45, 2.75) is 66.1 Å². The molecule has 4 atom stereocenters. The first-order chi connectivity index (χ1) is 18.6. The molecule has 3 aliphatic carbocycles. The van der Waals surface area contributed by atoms with Crippen LogP contribution in [0.1, 0.15) is 51.9 Å². The van der Waals surface area contributed by atoms with Gasteiger partial charge in [-0.3, -0.25) is 9.59 Å². The molecule has 0 spiro atoms. The second kappa shape index (κ2) is 10.7. The Labute approximate surface area is 236 Å². The maximum atomic E-state index is 13.0. The number of fused-ring (bicyclic) bond motifs is 2. The number of carbonyl (C=O) groups is 1. The minimum atomic E-state index is -0.344. The van der Waals surface area contributed by atoms with Gasteiger partial charge in [0.15, 0.2) is 0 Å². The van der Waals surface area contributed by atoms with Gasteiger partial charge in [0.25, 0.3) is 5.56 Å². The van der Waals surface area contributed by atoms with E-state index in [0.717, 1.165) is 23.6 Å². The molecule has 0 unspecified atom stereocenters. The third-order valence-corrected chi connectivity index (χ3v) is 9.59. The summed E-state index contributed by atoms with van der Waals surface area (Å²) in [6.45, 7) is 9.03. The van der Waals surface area contributed by atoms with Crippen LogP contribution in [0, 0.1) is 23.2 Å². The van der Waals surface area contributed by atoms with Gasteiger partial charge in [-0.05, 0) is 82.6 Å². The summed E-state index contributed by atoms with van der Waals surface area (Å²) < 4.78 is 6.77. The van der Waals surface area contributed by atoms with Gasteiger partial charge in [0, 0.05) is 6.04 Å². The molecule has 2 aromatic heterocycles. The Morgan fingerprint density at radius 3 is 2.54 bits per heavy atom. The van der Waals surface area contributed by atoms with Crippen molar-refractivity contribution in [3.05, 3.63) is 56.7 Å². The highest BCUT2D eigenvalue weighted by Gasteiger charge is 2.56. The lowest BCUT2D eigenvalue weighted by Crippen LogP contribution is -2.58. The van der Waals surface area contributed by atoms with Crippen LogP contribution in [0.4, 0.5) is 5.69 Å². The molecule has 39 heavy (non-hydrogen) atoms. The highest BCUT2D eigenvalue weighted by molar-refractivity contribution is 9.10. The molecule has 11 heteroatoms. The van der Waals surface area contributed by atoms with E-state index in [1.165, 1.54) is 11.1 Å². The van der Waals surface area contributed by atoms with Gasteiger partial charge in [0.2, 0.25) is 5.91 Å². The second-order valence-electron chi connectivity index (χ2n) is 11.3. The zero-order chi connectivity index (χ0) is 27.9. The molecule has 208 valence electrons. The lowest BCUT2D eigenvalue weighted by molar-refractivity contribution is -0.122. The maximum absolute atomic E-state index is 13.0. The van der Waals surface area contributed by atoms with E-state index in [1.807, 2.05) is 31.2 Å². The van der Waals surface area contributed by atoms with Gasteiger partial charge in [0.05, 0.1) is 36.9 Å². The normalized spacial score (nSPS) is 23.1. The molecule has 6 rings (SSSR count). The summed E-state index contributed by atoms with van der Waals surface area (Å²) in [7, 11) is 1.62. The molecule has 0 saturated heterocycles. The number of rotatable bonds is 9. The number of ether oxygens (including phenoxy) is 1. The molecule has 3 saturated carbocycles. The quantitative estimate of drug-likeness (QED) is 0.383. The van der Waals surface area contributed by atoms with Crippen molar-refractivity contribution < 1.29 is 9.53 Å². The molecule has 2 bridgehead atoms. The lowest BCUT2D eigenvalue weighted by atomic mass is 9.45. The molecule has 10 nitrogen and oxygen atoms in total. The Kier molecular flexibility index (Phi) is 7.54. The summed E-state index contributed by atoms with van der Waals surface area (Å²) in [5, 5.41) is 19.8. The number of aromatic nitrogens is 5. The summed E-state index contributed by atoms with van der Waals surface area (Å²) in [5.74, 6) is 2.33. The molecule has 2 N–H and O–H groups in total. The fourth-order valence-corrected chi connectivity index (χ4v) is 6.62. The van der Waals surface area contributed by atoms with Crippen molar-refractivity contribution in [1.29, 1.82) is 0 Å². The number of amides is 1. The SMILES string of the molecule is CCc1nn(-c2ccc(OC)cc2)nc1CNC(=O)Cn1ncc(N[C@@H]2C[C@@H]3C[C@H]([C@H]2C)C3(C)C)c(Br)c1=O. The van der Waals surface area contributed by atoms with Gasteiger partial charge < -0.3 is 15.4 Å². The first-order valence-corrected chi connectivity index (χ1v) is 14.3. The van der Waals surface area contributed by atoms with Gasteiger partial charge in [-0.15, -0.1) is 0 Å². The lowest BCUT2D eigenvalue weighted by Gasteiger charge is -2.62. The molecule has 3 aliphatic rings. The standard InChI is InChI=1S/C28H36BrN7O3/c1-6-21-23(34-36(33-21)18-7-9-19(39-5)10-8-18)13-30-25(37)15-35-27(38)26(29)24(14-31-35)32-22-12-17-11-20(16(22)2)28(17,3)4/h7-10,14,16-17,20,22,32H,6,11-13,15H2,1-5H3,(H,30,37)/t16-,17+,20-,22-/m1/s1. The van der Waals surface area contributed by atoms with Gasteiger partial charge in [-0.25, -0.2) is 4.68 Å². The van der Waals surface area contributed by atoms with Crippen molar-refractivity contribution in [1.82, 2.24) is 30.1 Å². The number of benzene rings is 1. The topological polar surface area (TPSA) is 116 Å². The van der Waals surface area contributed by atoms with Crippen molar-refractivity contribution in [3.63, 3.8) is 0 Å². The minimum Gasteiger partial charge on any atom is -0.497 e. The summed E-state index contributed by atoms with van der Waals surface area (Å²) >= 11 is 3.45. The van der Waals surface area contributed by atoms with Crippen molar-refractivity contribution in [2.75, 3.05) is 12.4 Å². The van der Waals surface area contributed by atoms with E-state index in [-0.39, 0.29) is 24.6 Å². The number of hydrogen-bond acceptors (Lipinski definition) is 7. The van der Waals surface area contributed by atoms with Crippen molar-refractivity contribution in [3.8, 4) is 11.4 Å². The van der Waals surface area contributed by atoms with E-state index in [1.54, 1.807) is 18.1 Å². The predicted molar refractivity (Wildman–Crippen MR) is 152 cm³/mol. The molecular weight excluding hydrogens is 562 g/mol. The van der Waals surface area contributed by atoms with Crippen LogP contribution in [0.25, 0.3) is 5.69 Å². The Morgan fingerprint density at radius 2 is 1.90 bits per heavy atom. The van der Waals surface area contributed by atoms with Crippen LogP contribution >= 0.6 is 15.9 Å². The zero-order valence-electron chi connectivity index (χ0n) is 23.1. The van der Waals surface area contributed by atoms with Crippen LogP contribution in [0.3, 0.4) is 0 Å². The monoisotopic (exact) mass is 597 g/mol. The van der Waals surface area contributed by atoms with Crippen LogP contribution in [-0.2, 0) is 24.3 Å². The molecule has 3 fully saturated rings. The van der Waals surface area contributed by atoms with Gasteiger partial charge in [0.1, 0.15) is 22.5 Å². The molecule has 1 aromatic carbocycles. The first kappa shape index (κ1) is 27.4. The van der Waals surface area contributed by atoms with Gasteiger partial charge in [-0.2, -0.15) is 20.1 Å². The third kappa shape index (κ3) is 5.20. The van der Waals surface area contributed by atoms with E-state index in [9.17, 15) is 9.59 Å². The summed E-state index contributed by atoms with van der Waals surface area (Å²) in [4.78, 5) is 27.3. The van der Waals surface area contributed by atoms with E-state index in [0.29, 0.717) is 51.5 Å². The highest BCUT2D eigenvalue weighted by atomic mass is 79.9. The maximum Gasteiger partial charge on any atom is 0.283 e. The van der Waals surface area contributed by atoms with Crippen LogP contribution in [0.5, 0.6) is 5.75 Å². The summed E-state index contributed by atoms with van der Waals surface area (Å²) in [6, 6.07) is 7.72. The van der Waals surface area contributed by atoms with Gasteiger partial charge >= 0.3 is 0 Å². The number of anilines is 1. The first-order valence-electron chi connectivity index (χ1n) is 13.5. The number of aryl methyl sites for hydroxylation is 1. The van der Waals surface area contributed by atoms with E-state index < -0.39 is 0 Å². The average Bonchev–Trinajstić information content (AvgIpc) is 3.35. The molecule has 3 aromatic rings. The summed E-state index contributed by atoms with van der Waals surface area (Å²) in [5.41, 5.74) is 2.98. The van der Waals surface area contributed by atoms with E-state index in [2.05, 4.69) is 62.6 Å². The Morgan fingerprint density at radius 1 is 1.18 bits per heavy atom. The number of halogens is 1. The molecular formula is C28H36BrN7O3. The van der Waals surface area contributed by atoms with Gasteiger partial charge in [-0.1, -0.05) is 27.7 Å². The number of nitrogens with zero attached hydrogens (tertiary/aromatic N) is 5. The average molecular weight is 599 g/mol. The molecule has 1 amide bonds. The van der Waals surface area contributed by atoms with Crippen molar-refractivity contribution in [2.24, 2.45) is 23.2 Å². The van der Waals surface area contributed by atoms with Crippen LogP contribution < -0.4 is 20.9 Å². The van der Waals surface area contributed by atoms with E-state index >= 15 is 0 Å². The third-order valence-electron chi connectivity index (χ3n) is 8.83. The smallest absolute Gasteiger partial charge is 0.283 e. The van der Waals surface area contributed by atoms with Crippen LogP contribution in [-0.4, -0.2) is 43.8 Å².